The van der Waals surface area contributed by atoms with Crippen LogP contribution in [0.3, 0.4) is 0 Å². The molecule has 2 N–H and O–H groups in total. The third kappa shape index (κ3) is 4.69. The van der Waals surface area contributed by atoms with Gasteiger partial charge in [0.15, 0.2) is 0 Å². The maximum absolute atomic E-state index is 11.0. The van der Waals surface area contributed by atoms with Gasteiger partial charge in [-0.05, 0) is 62.8 Å². The van der Waals surface area contributed by atoms with Crippen molar-refractivity contribution >= 4 is 5.97 Å². The van der Waals surface area contributed by atoms with Crippen LogP contribution in [0.5, 0.6) is 0 Å². The first-order chi connectivity index (χ1) is 10.6. The average molecular weight is 308 g/mol. The minimum atomic E-state index is -0.673. The van der Waals surface area contributed by atoms with Gasteiger partial charge in [-0.25, -0.2) is 0 Å². The lowest BCUT2D eigenvalue weighted by molar-refractivity contribution is -0.139. The van der Waals surface area contributed by atoms with Gasteiger partial charge in [0.05, 0.1) is 6.54 Å². The molecular weight excluding hydrogens is 276 g/mol. The van der Waals surface area contributed by atoms with Crippen LogP contribution in [0.25, 0.3) is 0 Å². The van der Waals surface area contributed by atoms with Crippen molar-refractivity contribution in [1.29, 1.82) is 0 Å². The van der Waals surface area contributed by atoms with Crippen molar-refractivity contribution in [2.24, 2.45) is 17.8 Å². The van der Waals surface area contributed by atoms with Gasteiger partial charge in [0.1, 0.15) is 0 Å². The lowest BCUT2D eigenvalue weighted by Gasteiger charge is -2.43. The zero-order valence-electron chi connectivity index (χ0n) is 14.0. The summed E-state index contributed by atoms with van der Waals surface area (Å²) in [6.07, 6.45) is 10.4. The van der Waals surface area contributed by atoms with Crippen LogP contribution in [0.2, 0.25) is 0 Å². The molecule has 0 saturated heterocycles. The Hall–Kier alpha value is -0.610. The lowest BCUT2D eigenvalue weighted by atomic mass is 9.81. The van der Waals surface area contributed by atoms with Crippen LogP contribution in [0.4, 0.5) is 0 Å². The molecule has 0 atom stereocenters. The molecule has 4 heteroatoms. The van der Waals surface area contributed by atoms with E-state index in [9.17, 15) is 4.79 Å². The monoisotopic (exact) mass is 308 g/mol. The van der Waals surface area contributed by atoms with Gasteiger partial charge in [0.25, 0.3) is 0 Å². The SMILES string of the molecule is CC1CCC(CNC2CC(N(CC(=O)O)CC3CC3)C2)CC1. The molecule has 0 heterocycles. The molecule has 0 aromatic heterocycles. The van der Waals surface area contributed by atoms with Crippen molar-refractivity contribution in [2.45, 2.75) is 70.4 Å². The molecule has 4 nitrogen and oxygen atoms in total. The Balaban J connectivity index is 1.34. The molecule has 0 aromatic rings. The van der Waals surface area contributed by atoms with Crippen molar-refractivity contribution in [3.8, 4) is 0 Å². The number of rotatable bonds is 8. The van der Waals surface area contributed by atoms with E-state index in [1.54, 1.807) is 0 Å². The zero-order valence-corrected chi connectivity index (χ0v) is 14.0. The van der Waals surface area contributed by atoms with E-state index in [2.05, 4.69) is 17.1 Å². The predicted octanol–water partition coefficient (Wildman–Crippen LogP) is 2.73. The van der Waals surface area contributed by atoms with E-state index < -0.39 is 5.97 Å². The second kappa shape index (κ2) is 7.31. The predicted molar refractivity (Wildman–Crippen MR) is 87.9 cm³/mol. The third-order valence-electron chi connectivity index (χ3n) is 5.99. The quantitative estimate of drug-likeness (QED) is 0.724. The summed E-state index contributed by atoms with van der Waals surface area (Å²) in [7, 11) is 0. The Labute approximate surface area is 134 Å². The minimum absolute atomic E-state index is 0.231. The molecule has 0 radical (unpaired) electrons. The Morgan fingerprint density at radius 2 is 1.73 bits per heavy atom. The largest absolute Gasteiger partial charge is 0.480 e. The van der Waals surface area contributed by atoms with Gasteiger partial charge >= 0.3 is 5.97 Å². The van der Waals surface area contributed by atoms with Crippen LogP contribution in [-0.4, -0.2) is 47.7 Å². The average Bonchev–Trinajstić information content (AvgIpc) is 3.22. The molecule has 22 heavy (non-hydrogen) atoms. The third-order valence-corrected chi connectivity index (χ3v) is 5.99. The molecule has 0 bridgehead atoms. The van der Waals surface area contributed by atoms with Crippen molar-refractivity contribution in [3.05, 3.63) is 0 Å². The van der Waals surface area contributed by atoms with Crippen molar-refractivity contribution in [2.75, 3.05) is 19.6 Å². The molecule has 3 fully saturated rings. The van der Waals surface area contributed by atoms with Crippen molar-refractivity contribution in [1.82, 2.24) is 10.2 Å². The van der Waals surface area contributed by atoms with Gasteiger partial charge in [-0.1, -0.05) is 19.8 Å². The highest BCUT2D eigenvalue weighted by Crippen LogP contribution is 2.34. The highest BCUT2D eigenvalue weighted by molar-refractivity contribution is 5.69. The molecule has 0 amide bonds. The number of hydrogen-bond acceptors (Lipinski definition) is 3. The minimum Gasteiger partial charge on any atom is -0.480 e. The van der Waals surface area contributed by atoms with Crippen LogP contribution >= 0.6 is 0 Å². The number of hydrogen-bond donors (Lipinski definition) is 2. The molecule has 0 spiro atoms. The van der Waals surface area contributed by atoms with Gasteiger partial charge in [-0.2, -0.15) is 0 Å². The number of carbonyl (C=O) groups is 1. The molecule has 3 aliphatic rings. The van der Waals surface area contributed by atoms with Crippen LogP contribution in [-0.2, 0) is 4.79 Å². The Morgan fingerprint density at radius 3 is 2.32 bits per heavy atom. The van der Waals surface area contributed by atoms with Gasteiger partial charge in [0.2, 0.25) is 0 Å². The maximum Gasteiger partial charge on any atom is 0.317 e. The van der Waals surface area contributed by atoms with Gasteiger partial charge in [-0.15, -0.1) is 0 Å². The first kappa shape index (κ1) is 16.3. The Kier molecular flexibility index (Phi) is 5.40. The summed E-state index contributed by atoms with van der Waals surface area (Å²) in [5.41, 5.74) is 0. The lowest BCUT2D eigenvalue weighted by Crippen LogP contribution is -2.54. The summed E-state index contributed by atoms with van der Waals surface area (Å²) in [5, 5.41) is 12.8. The van der Waals surface area contributed by atoms with Crippen LogP contribution in [0, 0.1) is 17.8 Å². The number of aliphatic carboxylic acids is 1. The Morgan fingerprint density at radius 1 is 1.09 bits per heavy atom. The van der Waals surface area contributed by atoms with Crippen LogP contribution in [0.15, 0.2) is 0 Å². The van der Waals surface area contributed by atoms with E-state index in [1.165, 1.54) is 45.1 Å². The van der Waals surface area contributed by atoms with E-state index >= 15 is 0 Å². The maximum atomic E-state index is 11.0. The molecule has 0 aromatic carbocycles. The van der Waals surface area contributed by atoms with E-state index in [4.69, 9.17) is 5.11 Å². The number of carboxylic acids is 1. The molecule has 3 rings (SSSR count). The Bertz CT molecular complexity index is 369. The van der Waals surface area contributed by atoms with Crippen LogP contribution in [0.1, 0.15) is 58.3 Å². The molecule has 3 aliphatic carbocycles. The number of nitrogens with zero attached hydrogens (tertiary/aromatic N) is 1. The molecule has 3 saturated carbocycles. The molecule has 126 valence electrons. The molecule has 0 aliphatic heterocycles. The number of carboxylic acid groups (broad SMARTS) is 1. The van der Waals surface area contributed by atoms with E-state index in [0.29, 0.717) is 12.1 Å². The van der Waals surface area contributed by atoms with Crippen molar-refractivity contribution < 1.29 is 9.90 Å². The highest BCUT2D eigenvalue weighted by atomic mass is 16.4. The normalized spacial score (nSPS) is 35.4. The van der Waals surface area contributed by atoms with Crippen molar-refractivity contribution in [3.63, 3.8) is 0 Å². The second-order valence-corrected chi connectivity index (χ2v) is 8.12. The van der Waals surface area contributed by atoms with E-state index in [0.717, 1.165) is 37.1 Å². The summed E-state index contributed by atoms with van der Waals surface area (Å²) in [6, 6.07) is 1.13. The first-order valence-corrected chi connectivity index (χ1v) is 9.29. The second-order valence-electron chi connectivity index (χ2n) is 8.12. The topological polar surface area (TPSA) is 52.6 Å². The number of nitrogens with one attached hydrogen (secondary N) is 1. The zero-order chi connectivity index (χ0) is 15.5. The standard InChI is InChI=1S/C18H32N2O2/c1-13-2-4-14(5-3-13)10-19-16-8-17(9-16)20(12-18(21)22)11-15-6-7-15/h13-17,19H,2-12H2,1H3,(H,21,22). The summed E-state index contributed by atoms with van der Waals surface area (Å²) in [4.78, 5) is 13.3. The fraction of sp³-hybridized carbons (Fsp3) is 0.944. The van der Waals surface area contributed by atoms with Gasteiger partial charge < -0.3 is 10.4 Å². The first-order valence-electron chi connectivity index (χ1n) is 9.29. The smallest absolute Gasteiger partial charge is 0.317 e. The summed E-state index contributed by atoms with van der Waals surface area (Å²) < 4.78 is 0. The molecule has 0 unspecified atom stereocenters. The van der Waals surface area contributed by atoms with Crippen LogP contribution < -0.4 is 5.32 Å². The summed E-state index contributed by atoms with van der Waals surface area (Å²) in [6.45, 7) is 4.78. The van der Waals surface area contributed by atoms with Gasteiger partial charge in [-0.3, -0.25) is 9.69 Å². The van der Waals surface area contributed by atoms with E-state index in [1.807, 2.05) is 0 Å². The summed E-state index contributed by atoms with van der Waals surface area (Å²) in [5.74, 6) is 1.90. The van der Waals surface area contributed by atoms with E-state index in [-0.39, 0.29) is 6.54 Å². The summed E-state index contributed by atoms with van der Waals surface area (Å²) >= 11 is 0. The highest BCUT2D eigenvalue weighted by Gasteiger charge is 2.37. The molecular formula is C18H32N2O2. The van der Waals surface area contributed by atoms with Gasteiger partial charge in [0, 0.05) is 18.6 Å². The fourth-order valence-electron chi connectivity index (χ4n) is 4.07. The fourth-order valence-corrected chi connectivity index (χ4v) is 4.07.